The molecule has 0 amide bonds. The largest absolute Gasteiger partial charge is 0.504 e. The van der Waals surface area contributed by atoms with E-state index in [9.17, 15) is 10.2 Å². The molecule has 0 aliphatic rings. The van der Waals surface area contributed by atoms with Crippen molar-refractivity contribution in [1.29, 1.82) is 0 Å². The Kier molecular flexibility index (Phi) is 2.80. The molecule has 0 fully saturated rings. The van der Waals surface area contributed by atoms with E-state index in [0.717, 1.165) is 5.56 Å². The maximum absolute atomic E-state index is 9.28. The quantitative estimate of drug-likeness (QED) is 0.682. The summed E-state index contributed by atoms with van der Waals surface area (Å²) in [6.07, 6.45) is 3.28. The molecule has 1 aromatic carbocycles. The second-order valence-electron chi connectivity index (χ2n) is 2.49. The van der Waals surface area contributed by atoms with Crippen molar-refractivity contribution >= 4 is 6.08 Å². The molecule has 2 N–H and O–H groups in total. The van der Waals surface area contributed by atoms with Crippen LogP contribution in [0.15, 0.2) is 18.2 Å². The third-order valence-corrected chi connectivity index (χ3v) is 1.61. The Bertz CT molecular complexity index is 329. The lowest BCUT2D eigenvalue weighted by Crippen LogP contribution is -1.85. The van der Waals surface area contributed by atoms with Crippen LogP contribution in [0.4, 0.5) is 0 Å². The van der Waals surface area contributed by atoms with Crippen molar-refractivity contribution in [3.05, 3.63) is 30.7 Å². The van der Waals surface area contributed by atoms with Gasteiger partial charge in [-0.25, -0.2) is 0 Å². The van der Waals surface area contributed by atoms with Gasteiger partial charge >= 0.3 is 0 Å². The van der Waals surface area contributed by atoms with E-state index in [1.54, 1.807) is 18.2 Å². The number of aromatic hydroxyl groups is 2. The van der Waals surface area contributed by atoms with Gasteiger partial charge in [-0.15, -0.1) is 0 Å². The molecule has 0 bridgehead atoms. The number of rotatable bonds is 2. The normalized spacial score (nSPS) is 10.6. The van der Waals surface area contributed by atoms with Crippen molar-refractivity contribution in [2.45, 2.75) is 0 Å². The number of allylic oxidation sites excluding steroid dienone is 1. The highest BCUT2D eigenvalue weighted by atomic mass is 16.5. The SMILES string of the molecule is [CH2]/C=C/c1cc(O)c(O)c(OC)c1. The van der Waals surface area contributed by atoms with Crippen LogP contribution in [0.25, 0.3) is 6.08 Å². The first-order valence-electron chi connectivity index (χ1n) is 3.74. The maximum Gasteiger partial charge on any atom is 0.200 e. The lowest BCUT2D eigenvalue weighted by atomic mass is 10.1. The van der Waals surface area contributed by atoms with E-state index in [2.05, 4.69) is 6.92 Å². The lowest BCUT2D eigenvalue weighted by Gasteiger charge is -2.05. The van der Waals surface area contributed by atoms with E-state index in [1.165, 1.54) is 13.2 Å². The van der Waals surface area contributed by atoms with E-state index in [4.69, 9.17) is 4.74 Å². The van der Waals surface area contributed by atoms with Crippen LogP contribution in [0.5, 0.6) is 17.2 Å². The first kappa shape index (κ1) is 9.45. The molecule has 0 spiro atoms. The van der Waals surface area contributed by atoms with Gasteiger partial charge in [0.05, 0.1) is 7.11 Å². The van der Waals surface area contributed by atoms with E-state index in [1.807, 2.05) is 0 Å². The average Bonchev–Trinajstić information content (AvgIpc) is 2.11. The highest BCUT2D eigenvalue weighted by Gasteiger charge is 2.07. The van der Waals surface area contributed by atoms with E-state index in [-0.39, 0.29) is 17.2 Å². The van der Waals surface area contributed by atoms with E-state index in [0.29, 0.717) is 0 Å². The molecule has 0 unspecified atom stereocenters. The minimum absolute atomic E-state index is 0.201. The molecule has 1 radical (unpaired) electrons. The predicted octanol–water partition coefficient (Wildman–Crippen LogP) is 1.95. The van der Waals surface area contributed by atoms with Gasteiger partial charge in [0.1, 0.15) is 0 Å². The van der Waals surface area contributed by atoms with Crippen LogP contribution >= 0.6 is 0 Å². The third-order valence-electron chi connectivity index (χ3n) is 1.61. The average molecular weight is 179 g/mol. The first-order chi connectivity index (χ1) is 6.19. The minimum atomic E-state index is -0.247. The van der Waals surface area contributed by atoms with Crippen LogP contribution in [0.1, 0.15) is 5.56 Å². The standard InChI is InChI=1S/C10H11O3/c1-3-4-7-5-8(11)10(12)9(6-7)13-2/h3-6,11-12H,1H2,2H3/b4-3+. The van der Waals surface area contributed by atoms with Gasteiger partial charge in [0.25, 0.3) is 0 Å². The Labute approximate surface area is 76.9 Å². The minimum Gasteiger partial charge on any atom is -0.504 e. The summed E-state index contributed by atoms with van der Waals surface area (Å²) in [6.45, 7) is 3.52. The number of phenols is 2. The second-order valence-corrected chi connectivity index (χ2v) is 2.49. The van der Waals surface area contributed by atoms with Gasteiger partial charge in [0, 0.05) is 0 Å². The van der Waals surface area contributed by atoms with Gasteiger partial charge in [0.2, 0.25) is 5.75 Å². The molecule has 0 heterocycles. The zero-order chi connectivity index (χ0) is 9.84. The van der Waals surface area contributed by atoms with Gasteiger partial charge in [-0.05, 0) is 24.6 Å². The lowest BCUT2D eigenvalue weighted by molar-refractivity contribution is 0.351. The van der Waals surface area contributed by atoms with Gasteiger partial charge in [0.15, 0.2) is 11.5 Å². The number of methoxy groups -OCH3 is 1. The summed E-state index contributed by atoms with van der Waals surface area (Å²) in [7, 11) is 1.42. The Morgan fingerprint density at radius 1 is 1.38 bits per heavy atom. The summed E-state index contributed by atoms with van der Waals surface area (Å²) in [4.78, 5) is 0. The second kappa shape index (κ2) is 3.85. The Hall–Kier alpha value is -1.64. The van der Waals surface area contributed by atoms with Crippen molar-refractivity contribution in [1.82, 2.24) is 0 Å². The van der Waals surface area contributed by atoms with E-state index < -0.39 is 0 Å². The molecule has 1 rings (SSSR count). The highest BCUT2D eigenvalue weighted by molar-refractivity contribution is 5.61. The van der Waals surface area contributed by atoms with Crippen molar-refractivity contribution in [3.8, 4) is 17.2 Å². The summed E-state index contributed by atoms with van der Waals surface area (Å²) in [5.41, 5.74) is 0.724. The molecule has 69 valence electrons. The van der Waals surface area contributed by atoms with E-state index >= 15 is 0 Å². The third kappa shape index (κ3) is 1.93. The monoisotopic (exact) mass is 179 g/mol. The molecule has 3 heteroatoms. The molecule has 0 aromatic heterocycles. The van der Waals surface area contributed by atoms with Gasteiger partial charge < -0.3 is 14.9 Å². The van der Waals surface area contributed by atoms with Crippen LogP contribution in [0, 0.1) is 6.92 Å². The zero-order valence-corrected chi connectivity index (χ0v) is 7.32. The Morgan fingerprint density at radius 3 is 2.62 bits per heavy atom. The number of phenolic OH excluding ortho intramolecular Hbond substituents is 2. The number of hydrogen-bond donors (Lipinski definition) is 2. The fourth-order valence-electron chi connectivity index (χ4n) is 1.00. The number of hydrogen-bond acceptors (Lipinski definition) is 3. The number of ether oxygens (including phenoxy) is 1. The van der Waals surface area contributed by atoms with Gasteiger partial charge in [-0.2, -0.15) is 0 Å². The molecular weight excluding hydrogens is 168 g/mol. The topological polar surface area (TPSA) is 49.7 Å². The molecular formula is C10H11O3. The summed E-state index contributed by atoms with van der Waals surface area (Å²) >= 11 is 0. The maximum atomic E-state index is 9.28. The summed E-state index contributed by atoms with van der Waals surface area (Å²) in [5, 5.41) is 18.5. The Morgan fingerprint density at radius 2 is 2.08 bits per heavy atom. The summed E-state index contributed by atoms with van der Waals surface area (Å²) in [6, 6.07) is 3.04. The fourth-order valence-corrected chi connectivity index (χ4v) is 1.00. The fraction of sp³-hybridized carbons (Fsp3) is 0.100. The van der Waals surface area contributed by atoms with Crippen molar-refractivity contribution in [2.75, 3.05) is 7.11 Å². The van der Waals surface area contributed by atoms with Crippen LogP contribution in [-0.4, -0.2) is 17.3 Å². The van der Waals surface area contributed by atoms with Crippen molar-refractivity contribution in [3.63, 3.8) is 0 Å². The van der Waals surface area contributed by atoms with Gasteiger partial charge in [-0.1, -0.05) is 12.2 Å². The van der Waals surface area contributed by atoms with Gasteiger partial charge in [-0.3, -0.25) is 0 Å². The zero-order valence-electron chi connectivity index (χ0n) is 7.32. The summed E-state index contributed by atoms with van der Waals surface area (Å²) < 4.78 is 4.85. The highest BCUT2D eigenvalue weighted by Crippen LogP contribution is 2.36. The molecule has 1 aromatic rings. The molecule has 0 aliphatic carbocycles. The predicted molar refractivity (Wildman–Crippen MR) is 50.7 cm³/mol. The van der Waals surface area contributed by atoms with Crippen molar-refractivity contribution in [2.24, 2.45) is 0 Å². The van der Waals surface area contributed by atoms with Crippen LogP contribution in [-0.2, 0) is 0 Å². The molecule has 0 saturated carbocycles. The molecule has 0 atom stereocenters. The smallest absolute Gasteiger partial charge is 0.200 e. The molecule has 0 aliphatic heterocycles. The van der Waals surface area contributed by atoms with Crippen LogP contribution in [0.2, 0.25) is 0 Å². The molecule has 13 heavy (non-hydrogen) atoms. The van der Waals surface area contributed by atoms with Crippen molar-refractivity contribution < 1.29 is 14.9 Å². The van der Waals surface area contributed by atoms with Crippen LogP contribution < -0.4 is 4.74 Å². The first-order valence-corrected chi connectivity index (χ1v) is 3.74. The Balaban J connectivity index is 3.21. The summed E-state index contributed by atoms with van der Waals surface area (Å²) in [5.74, 6) is -0.204. The molecule has 0 saturated heterocycles. The molecule has 3 nitrogen and oxygen atoms in total. The van der Waals surface area contributed by atoms with Crippen LogP contribution in [0.3, 0.4) is 0 Å². The number of benzene rings is 1.